The van der Waals surface area contributed by atoms with Crippen molar-refractivity contribution in [2.45, 2.75) is 19.6 Å². The number of rotatable bonds is 7. The summed E-state index contributed by atoms with van der Waals surface area (Å²) in [7, 11) is 1.69. The molecule has 0 aliphatic carbocycles. The van der Waals surface area contributed by atoms with Gasteiger partial charge in [0.05, 0.1) is 0 Å². The second-order valence-corrected chi connectivity index (χ2v) is 5.74. The Labute approximate surface area is 161 Å². The van der Waals surface area contributed by atoms with E-state index in [4.69, 9.17) is 0 Å². The lowest BCUT2D eigenvalue weighted by Crippen LogP contribution is -2.37. The first kappa shape index (κ1) is 20.6. The third-order valence-corrected chi connectivity index (χ3v) is 3.99. The van der Waals surface area contributed by atoms with Gasteiger partial charge in [-0.25, -0.2) is 0 Å². The summed E-state index contributed by atoms with van der Waals surface area (Å²) in [6, 6.07) is 10.7. The highest BCUT2D eigenvalue weighted by Crippen LogP contribution is 2.15. The molecule has 2 rings (SSSR count). The summed E-state index contributed by atoms with van der Waals surface area (Å²) in [6.07, 6.45) is 0.927. The number of alkyl halides is 2. The van der Waals surface area contributed by atoms with Crippen molar-refractivity contribution in [1.82, 2.24) is 10.6 Å². The lowest BCUT2D eigenvalue weighted by Gasteiger charge is -2.12. The number of aliphatic imine (C=N–C) groups is 1. The molecular weight excluding hydrogens is 447 g/mol. The Morgan fingerprint density at radius 3 is 2.75 bits per heavy atom. The van der Waals surface area contributed by atoms with E-state index in [0.29, 0.717) is 12.5 Å². The SMILES string of the molecule is CN=C(NCCc1cccs1)NCc1cccc(OC(F)F)c1.I. The van der Waals surface area contributed by atoms with Crippen LogP contribution in [0.5, 0.6) is 5.75 Å². The quantitative estimate of drug-likeness (QED) is 0.369. The smallest absolute Gasteiger partial charge is 0.387 e. The molecule has 0 radical (unpaired) electrons. The summed E-state index contributed by atoms with van der Waals surface area (Å²) in [6.45, 7) is -1.57. The standard InChI is InChI=1S/C16H19F2N3OS.HI/c1-19-16(20-8-7-14-6-3-9-23-14)21-11-12-4-2-5-13(10-12)22-15(17)18;/h2-6,9-10,15H,7-8,11H2,1H3,(H2,19,20,21);1H. The van der Waals surface area contributed by atoms with Gasteiger partial charge in [0.2, 0.25) is 0 Å². The predicted molar refractivity (Wildman–Crippen MR) is 105 cm³/mol. The fraction of sp³-hybridized carbons (Fsp3) is 0.312. The number of ether oxygens (including phenoxy) is 1. The van der Waals surface area contributed by atoms with Crippen molar-refractivity contribution in [1.29, 1.82) is 0 Å². The van der Waals surface area contributed by atoms with E-state index in [0.717, 1.165) is 18.5 Å². The largest absolute Gasteiger partial charge is 0.435 e. The molecule has 0 unspecified atom stereocenters. The van der Waals surface area contributed by atoms with E-state index in [1.54, 1.807) is 30.5 Å². The summed E-state index contributed by atoms with van der Waals surface area (Å²) in [5.74, 6) is 0.821. The molecule has 1 aromatic carbocycles. The maximum atomic E-state index is 12.2. The van der Waals surface area contributed by atoms with Crippen LogP contribution in [0.3, 0.4) is 0 Å². The molecule has 0 saturated heterocycles. The van der Waals surface area contributed by atoms with Crippen LogP contribution < -0.4 is 15.4 Å². The minimum Gasteiger partial charge on any atom is -0.435 e. The Morgan fingerprint density at radius 1 is 1.25 bits per heavy atom. The van der Waals surface area contributed by atoms with E-state index >= 15 is 0 Å². The Hall–Kier alpha value is -1.42. The predicted octanol–water partition coefficient (Wildman–Crippen LogP) is 3.88. The number of benzene rings is 1. The molecule has 1 heterocycles. The molecule has 4 nitrogen and oxygen atoms in total. The van der Waals surface area contributed by atoms with Crippen molar-refractivity contribution in [2.24, 2.45) is 4.99 Å². The van der Waals surface area contributed by atoms with Crippen molar-refractivity contribution >= 4 is 41.3 Å². The van der Waals surface area contributed by atoms with Crippen LogP contribution in [0, 0.1) is 0 Å². The monoisotopic (exact) mass is 467 g/mol. The van der Waals surface area contributed by atoms with Gasteiger partial charge in [0.25, 0.3) is 0 Å². The lowest BCUT2D eigenvalue weighted by atomic mass is 10.2. The molecule has 0 amide bonds. The van der Waals surface area contributed by atoms with E-state index in [1.165, 1.54) is 10.9 Å². The van der Waals surface area contributed by atoms with Crippen LogP contribution in [0.1, 0.15) is 10.4 Å². The van der Waals surface area contributed by atoms with E-state index in [2.05, 4.69) is 31.8 Å². The van der Waals surface area contributed by atoms with Gasteiger partial charge in [-0.05, 0) is 35.6 Å². The van der Waals surface area contributed by atoms with Crippen LogP contribution in [-0.2, 0) is 13.0 Å². The molecule has 24 heavy (non-hydrogen) atoms. The number of nitrogens with one attached hydrogen (secondary N) is 2. The highest BCUT2D eigenvalue weighted by atomic mass is 127. The Kier molecular flexibility index (Phi) is 9.62. The molecule has 0 spiro atoms. The fourth-order valence-electron chi connectivity index (χ4n) is 2.00. The van der Waals surface area contributed by atoms with E-state index < -0.39 is 6.61 Å². The molecule has 0 fully saturated rings. The molecule has 2 aromatic rings. The van der Waals surface area contributed by atoms with E-state index in [9.17, 15) is 8.78 Å². The first-order valence-electron chi connectivity index (χ1n) is 7.18. The van der Waals surface area contributed by atoms with Gasteiger partial charge in [-0.15, -0.1) is 35.3 Å². The first-order valence-corrected chi connectivity index (χ1v) is 8.06. The number of thiophene rings is 1. The first-order chi connectivity index (χ1) is 11.2. The van der Waals surface area contributed by atoms with Crippen molar-refractivity contribution in [3.63, 3.8) is 0 Å². The van der Waals surface area contributed by atoms with Crippen LogP contribution in [0.25, 0.3) is 0 Å². The van der Waals surface area contributed by atoms with Gasteiger partial charge in [0, 0.05) is 25.0 Å². The van der Waals surface area contributed by atoms with Crippen LogP contribution in [-0.4, -0.2) is 26.2 Å². The molecule has 0 aliphatic heterocycles. The zero-order valence-electron chi connectivity index (χ0n) is 13.2. The van der Waals surface area contributed by atoms with Crippen LogP contribution in [0.15, 0.2) is 46.8 Å². The molecule has 0 bridgehead atoms. The van der Waals surface area contributed by atoms with Gasteiger partial charge in [-0.2, -0.15) is 8.78 Å². The Morgan fingerprint density at radius 2 is 2.08 bits per heavy atom. The highest BCUT2D eigenvalue weighted by molar-refractivity contribution is 14.0. The Balaban J connectivity index is 0.00000288. The minimum atomic E-state index is -2.81. The average Bonchev–Trinajstić information content (AvgIpc) is 3.03. The van der Waals surface area contributed by atoms with Gasteiger partial charge >= 0.3 is 6.61 Å². The molecule has 0 atom stereocenters. The number of nitrogens with zero attached hydrogens (tertiary/aromatic N) is 1. The second-order valence-electron chi connectivity index (χ2n) is 4.71. The summed E-state index contributed by atoms with van der Waals surface area (Å²) < 4.78 is 28.8. The van der Waals surface area contributed by atoms with Crippen LogP contribution in [0.4, 0.5) is 8.78 Å². The molecule has 1 aromatic heterocycles. The number of hydrogen-bond donors (Lipinski definition) is 2. The number of halogens is 3. The number of hydrogen-bond acceptors (Lipinski definition) is 3. The van der Waals surface area contributed by atoms with E-state index in [1.807, 2.05) is 12.1 Å². The molecule has 0 aliphatic rings. The van der Waals surface area contributed by atoms with Crippen molar-refractivity contribution in [2.75, 3.05) is 13.6 Å². The normalized spacial score (nSPS) is 11.1. The van der Waals surface area contributed by atoms with Gasteiger partial charge < -0.3 is 15.4 Å². The summed E-state index contributed by atoms with van der Waals surface area (Å²) in [4.78, 5) is 5.45. The second kappa shape index (κ2) is 11.2. The van der Waals surface area contributed by atoms with Crippen LogP contribution >= 0.6 is 35.3 Å². The third-order valence-electron chi connectivity index (χ3n) is 3.05. The summed E-state index contributed by atoms with van der Waals surface area (Å²) >= 11 is 1.72. The van der Waals surface area contributed by atoms with E-state index in [-0.39, 0.29) is 29.7 Å². The minimum absolute atomic E-state index is 0. The van der Waals surface area contributed by atoms with Crippen molar-refractivity contribution < 1.29 is 13.5 Å². The fourth-order valence-corrected chi connectivity index (χ4v) is 2.71. The maximum absolute atomic E-state index is 12.2. The summed E-state index contributed by atoms with van der Waals surface area (Å²) in [5, 5.41) is 8.42. The third kappa shape index (κ3) is 7.43. The molecule has 2 N–H and O–H groups in total. The Bertz CT molecular complexity index is 624. The molecular formula is C16H20F2IN3OS. The highest BCUT2D eigenvalue weighted by Gasteiger charge is 2.05. The van der Waals surface area contributed by atoms with Gasteiger partial charge in [0.15, 0.2) is 5.96 Å². The molecule has 132 valence electrons. The molecule has 0 saturated carbocycles. The van der Waals surface area contributed by atoms with Gasteiger partial charge in [0.1, 0.15) is 5.75 Å². The zero-order valence-corrected chi connectivity index (χ0v) is 16.3. The van der Waals surface area contributed by atoms with Crippen molar-refractivity contribution in [3.05, 3.63) is 52.2 Å². The molecule has 8 heteroatoms. The number of guanidine groups is 1. The average molecular weight is 467 g/mol. The zero-order chi connectivity index (χ0) is 16.5. The maximum Gasteiger partial charge on any atom is 0.387 e. The van der Waals surface area contributed by atoms with Crippen LogP contribution in [0.2, 0.25) is 0 Å². The summed E-state index contributed by atoms with van der Waals surface area (Å²) in [5.41, 5.74) is 0.837. The lowest BCUT2D eigenvalue weighted by molar-refractivity contribution is -0.0498. The van der Waals surface area contributed by atoms with Gasteiger partial charge in [-0.3, -0.25) is 4.99 Å². The topological polar surface area (TPSA) is 45.7 Å². The van der Waals surface area contributed by atoms with Gasteiger partial charge in [-0.1, -0.05) is 18.2 Å². The van der Waals surface area contributed by atoms with Crippen molar-refractivity contribution in [3.8, 4) is 5.75 Å².